The highest BCUT2D eigenvalue weighted by atomic mass is 19.1. The van der Waals surface area contributed by atoms with Gasteiger partial charge >= 0.3 is 0 Å². The maximum atomic E-state index is 13.2. The third-order valence-corrected chi connectivity index (χ3v) is 5.80. The highest BCUT2D eigenvalue weighted by Gasteiger charge is 2.21. The minimum atomic E-state index is -0.207. The van der Waals surface area contributed by atoms with Gasteiger partial charge in [0, 0.05) is 45.0 Å². The molecule has 156 valence electrons. The molecular weight excluding hydrogens is 369 g/mol. The Balaban J connectivity index is 1.33. The van der Waals surface area contributed by atoms with Crippen molar-refractivity contribution in [1.82, 2.24) is 14.9 Å². The third kappa shape index (κ3) is 4.87. The minimum Gasteiger partial charge on any atom is -0.393 e. The highest BCUT2D eigenvalue weighted by Crippen LogP contribution is 2.27. The average molecular weight is 400 g/mol. The van der Waals surface area contributed by atoms with Crippen LogP contribution in [0.2, 0.25) is 0 Å². The summed E-state index contributed by atoms with van der Waals surface area (Å²) in [5.74, 6) is 1.30. The molecule has 0 unspecified atom stereocenters. The van der Waals surface area contributed by atoms with Gasteiger partial charge in [-0.25, -0.2) is 14.4 Å². The SMILES string of the molecule is Nc1c(NCCN2CCCCC2)ncnc1N1CCN(c2ccc(F)cc2)CC1. The quantitative estimate of drug-likeness (QED) is 0.773. The van der Waals surface area contributed by atoms with Gasteiger partial charge in [-0.15, -0.1) is 0 Å². The first kappa shape index (κ1) is 19.7. The van der Waals surface area contributed by atoms with E-state index in [2.05, 4.69) is 30.0 Å². The zero-order valence-electron chi connectivity index (χ0n) is 16.9. The highest BCUT2D eigenvalue weighted by molar-refractivity contribution is 5.75. The predicted octanol–water partition coefficient (Wildman–Crippen LogP) is 2.42. The number of benzene rings is 1. The summed E-state index contributed by atoms with van der Waals surface area (Å²) in [6, 6.07) is 6.67. The van der Waals surface area contributed by atoms with Gasteiger partial charge in [-0.05, 0) is 50.2 Å². The smallest absolute Gasteiger partial charge is 0.157 e. The van der Waals surface area contributed by atoms with Crippen molar-refractivity contribution >= 4 is 23.0 Å². The molecule has 3 heterocycles. The van der Waals surface area contributed by atoms with E-state index >= 15 is 0 Å². The first-order valence-electron chi connectivity index (χ1n) is 10.5. The summed E-state index contributed by atoms with van der Waals surface area (Å²) >= 11 is 0. The van der Waals surface area contributed by atoms with Crippen molar-refractivity contribution in [2.45, 2.75) is 19.3 Å². The van der Waals surface area contributed by atoms with E-state index in [4.69, 9.17) is 5.73 Å². The molecule has 2 aliphatic rings. The van der Waals surface area contributed by atoms with Crippen LogP contribution < -0.4 is 20.9 Å². The van der Waals surface area contributed by atoms with Gasteiger partial charge in [-0.1, -0.05) is 6.42 Å². The fourth-order valence-corrected chi connectivity index (χ4v) is 4.12. The zero-order chi connectivity index (χ0) is 20.1. The standard InChI is InChI=1S/C21H30FN7/c22-17-4-6-18(7-5-17)28-12-14-29(15-13-28)21-19(23)20(25-16-26-21)24-8-11-27-9-2-1-3-10-27/h4-7,16H,1-3,8-15,23H2,(H,24,25,26). The number of nitrogens with one attached hydrogen (secondary N) is 1. The van der Waals surface area contributed by atoms with Gasteiger partial charge in [-0.2, -0.15) is 0 Å². The van der Waals surface area contributed by atoms with Gasteiger partial charge in [0.15, 0.2) is 11.6 Å². The molecular formula is C21H30FN7. The normalized spacial score (nSPS) is 18.1. The molecule has 0 aliphatic carbocycles. The lowest BCUT2D eigenvalue weighted by Crippen LogP contribution is -2.47. The van der Waals surface area contributed by atoms with E-state index in [0.717, 1.165) is 50.8 Å². The van der Waals surface area contributed by atoms with Crippen molar-refractivity contribution in [3.8, 4) is 0 Å². The van der Waals surface area contributed by atoms with E-state index in [1.165, 1.54) is 44.5 Å². The van der Waals surface area contributed by atoms with Crippen molar-refractivity contribution < 1.29 is 4.39 Å². The number of nitrogen functional groups attached to an aromatic ring is 1. The van der Waals surface area contributed by atoms with E-state index in [9.17, 15) is 4.39 Å². The summed E-state index contributed by atoms with van der Waals surface area (Å²) in [4.78, 5) is 15.7. The van der Waals surface area contributed by atoms with Crippen LogP contribution in [-0.4, -0.2) is 67.2 Å². The second kappa shape index (κ2) is 9.26. The number of hydrogen-bond acceptors (Lipinski definition) is 7. The molecule has 1 aromatic carbocycles. The number of hydrogen-bond donors (Lipinski definition) is 2. The molecule has 0 saturated carbocycles. The molecule has 8 heteroatoms. The monoisotopic (exact) mass is 399 g/mol. The number of anilines is 4. The van der Waals surface area contributed by atoms with Gasteiger partial charge in [0.2, 0.25) is 0 Å². The Labute approximate surface area is 171 Å². The molecule has 2 aromatic rings. The Morgan fingerprint density at radius 2 is 1.59 bits per heavy atom. The third-order valence-electron chi connectivity index (χ3n) is 5.80. The molecule has 0 amide bonds. The zero-order valence-corrected chi connectivity index (χ0v) is 16.9. The molecule has 2 fully saturated rings. The Kier molecular flexibility index (Phi) is 6.29. The number of rotatable bonds is 6. The van der Waals surface area contributed by atoms with Gasteiger partial charge in [0.05, 0.1) is 0 Å². The maximum Gasteiger partial charge on any atom is 0.157 e. The molecule has 0 atom stereocenters. The molecule has 7 nitrogen and oxygen atoms in total. The van der Waals surface area contributed by atoms with Crippen molar-refractivity contribution in [2.75, 3.05) is 73.2 Å². The van der Waals surface area contributed by atoms with Gasteiger partial charge < -0.3 is 25.8 Å². The summed E-state index contributed by atoms with van der Waals surface area (Å²) < 4.78 is 13.2. The largest absolute Gasteiger partial charge is 0.393 e. The van der Waals surface area contributed by atoms with Crippen molar-refractivity contribution in [1.29, 1.82) is 0 Å². The van der Waals surface area contributed by atoms with Crippen LogP contribution in [0.25, 0.3) is 0 Å². The number of halogens is 1. The molecule has 2 aliphatic heterocycles. The topological polar surface area (TPSA) is 73.5 Å². The van der Waals surface area contributed by atoms with Gasteiger partial charge in [0.25, 0.3) is 0 Å². The van der Waals surface area contributed by atoms with Crippen LogP contribution in [0.1, 0.15) is 19.3 Å². The summed E-state index contributed by atoms with van der Waals surface area (Å²) in [5, 5.41) is 3.39. The van der Waals surface area contributed by atoms with Crippen molar-refractivity contribution in [2.24, 2.45) is 0 Å². The fraction of sp³-hybridized carbons (Fsp3) is 0.524. The molecule has 0 bridgehead atoms. The number of aromatic nitrogens is 2. The van der Waals surface area contributed by atoms with E-state index < -0.39 is 0 Å². The number of nitrogens with zero attached hydrogens (tertiary/aromatic N) is 5. The summed E-state index contributed by atoms with van der Waals surface area (Å²) in [6.45, 7) is 7.51. The average Bonchev–Trinajstić information content (AvgIpc) is 2.76. The Bertz CT molecular complexity index is 784. The predicted molar refractivity (Wildman–Crippen MR) is 116 cm³/mol. The lowest BCUT2D eigenvalue weighted by Gasteiger charge is -2.37. The van der Waals surface area contributed by atoms with Crippen molar-refractivity contribution in [3.63, 3.8) is 0 Å². The van der Waals surface area contributed by atoms with Crippen LogP contribution >= 0.6 is 0 Å². The van der Waals surface area contributed by atoms with Crippen LogP contribution in [0.5, 0.6) is 0 Å². The Morgan fingerprint density at radius 1 is 0.897 bits per heavy atom. The maximum absolute atomic E-state index is 13.2. The van der Waals surface area contributed by atoms with E-state index in [1.807, 2.05) is 12.1 Å². The minimum absolute atomic E-state index is 0.207. The molecule has 4 rings (SSSR count). The summed E-state index contributed by atoms with van der Waals surface area (Å²) in [7, 11) is 0. The second-order valence-corrected chi connectivity index (χ2v) is 7.74. The van der Waals surface area contributed by atoms with Crippen LogP contribution in [0.4, 0.5) is 27.4 Å². The van der Waals surface area contributed by atoms with E-state index in [-0.39, 0.29) is 5.82 Å². The van der Waals surface area contributed by atoms with Gasteiger partial charge in [-0.3, -0.25) is 0 Å². The van der Waals surface area contributed by atoms with Crippen LogP contribution in [0.15, 0.2) is 30.6 Å². The number of piperazine rings is 1. The van der Waals surface area contributed by atoms with Crippen molar-refractivity contribution in [3.05, 3.63) is 36.4 Å². The lowest BCUT2D eigenvalue weighted by molar-refractivity contribution is 0.237. The van der Waals surface area contributed by atoms with Crippen LogP contribution in [0.3, 0.4) is 0 Å². The van der Waals surface area contributed by atoms with Gasteiger partial charge in [0.1, 0.15) is 17.8 Å². The summed E-state index contributed by atoms with van der Waals surface area (Å²) in [5.41, 5.74) is 8.05. The lowest BCUT2D eigenvalue weighted by atomic mass is 10.1. The second-order valence-electron chi connectivity index (χ2n) is 7.74. The number of likely N-dealkylation sites (tertiary alicyclic amines) is 1. The van der Waals surface area contributed by atoms with E-state index in [0.29, 0.717) is 11.5 Å². The Hall–Kier alpha value is -2.61. The molecule has 3 N–H and O–H groups in total. The molecule has 0 spiro atoms. The summed E-state index contributed by atoms with van der Waals surface area (Å²) in [6.07, 6.45) is 5.52. The van der Waals surface area contributed by atoms with E-state index in [1.54, 1.807) is 6.33 Å². The van der Waals surface area contributed by atoms with Crippen LogP contribution in [-0.2, 0) is 0 Å². The number of nitrogens with two attached hydrogens (primary N) is 1. The molecule has 1 aromatic heterocycles. The molecule has 0 radical (unpaired) electrons. The molecule has 29 heavy (non-hydrogen) atoms. The number of piperidine rings is 1. The fourth-order valence-electron chi connectivity index (χ4n) is 4.12. The first-order chi connectivity index (χ1) is 14.2. The molecule has 2 saturated heterocycles. The van der Waals surface area contributed by atoms with Crippen LogP contribution in [0, 0.1) is 5.82 Å². The first-order valence-corrected chi connectivity index (χ1v) is 10.5. The Morgan fingerprint density at radius 3 is 2.31 bits per heavy atom.